The zero-order valence-electron chi connectivity index (χ0n) is 12.1. The maximum atomic E-state index is 12.4. The van der Waals surface area contributed by atoms with Crippen LogP contribution in [0.15, 0.2) is 23.1 Å². The van der Waals surface area contributed by atoms with Gasteiger partial charge in [-0.15, -0.1) is 0 Å². The number of carbonyl (C=O) groups excluding carboxylic acids is 1. The van der Waals surface area contributed by atoms with Gasteiger partial charge in [0.05, 0.1) is 17.0 Å². The highest BCUT2D eigenvalue weighted by Gasteiger charge is 2.32. The molecule has 0 unspecified atom stereocenters. The second kappa shape index (κ2) is 6.81. The molecule has 0 aromatic heterocycles. The normalized spacial score (nSPS) is 17.2. The smallest absolute Gasteiger partial charge is 0.266 e. The number of ether oxygens (including phenoxy) is 1. The van der Waals surface area contributed by atoms with Crippen molar-refractivity contribution in [1.29, 1.82) is 0 Å². The van der Waals surface area contributed by atoms with Crippen molar-refractivity contribution in [2.75, 3.05) is 13.7 Å². The highest BCUT2D eigenvalue weighted by atomic mass is 35.5. The Balaban J connectivity index is 2.24. The van der Waals surface area contributed by atoms with Gasteiger partial charge in [-0.2, -0.15) is 0 Å². The Labute approximate surface area is 139 Å². The van der Waals surface area contributed by atoms with Gasteiger partial charge in [-0.05, 0) is 29.7 Å². The number of thiocarbonyl (C=S) groups is 1. The van der Waals surface area contributed by atoms with Crippen LogP contribution in [-0.2, 0) is 4.79 Å². The van der Waals surface area contributed by atoms with E-state index in [1.54, 1.807) is 24.1 Å². The number of amides is 1. The van der Waals surface area contributed by atoms with Crippen LogP contribution in [0.5, 0.6) is 5.75 Å². The van der Waals surface area contributed by atoms with Crippen molar-refractivity contribution in [2.24, 2.45) is 5.92 Å². The van der Waals surface area contributed by atoms with E-state index in [9.17, 15) is 4.79 Å². The van der Waals surface area contributed by atoms with Gasteiger partial charge in [0.1, 0.15) is 10.1 Å². The molecular formula is C15H16ClNO2S2. The van der Waals surface area contributed by atoms with Gasteiger partial charge in [-0.25, -0.2) is 0 Å². The molecular weight excluding hydrogens is 326 g/mol. The van der Waals surface area contributed by atoms with Crippen LogP contribution in [0.1, 0.15) is 19.4 Å². The minimum absolute atomic E-state index is 0.0364. The number of nitrogens with zero attached hydrogens (tertiary/aromatic N) is 1. The number of benzene rings is 1. The largest absolute Gasteiger partial charge is 0.495 e. The molecule has 0 aliphatic carbocycles. The van der Waals surface area contributed by atoms with Crippen LogP contribution in [-0.4, -0.2) is 28.8 Å². The molecule has 0 bridgehead atoms. The number of thioether (sulfide) groups is 1. The van der Waals surface area contributed by atoms with E-state index < -0.39 is 0 Å². The Morgan fingerprint density at radius 2 is 2.19 bits per heavy atom. The van der Waals surface area contributed by atoms with Gasteiger partial charge in [0.25, 0.3) is 5.91 Å². The molecule has 1 aliphatic rings. The lowest BCUT2D eigenvalue weighted by molar-refractivity contribution is -0.122. The summed E-state index contributed by atoms with van der Waals surface area (Å²) >= 11 is 12.7. The van der Waals surface area contributed by atoms with Crippen LogP contribution in [0.2, 0.25) is 5.02 Å². The molecule has 1 saturated heterocycles. The molecule has 0 radical (unpaired) electrons. The summed E-state index contributed by atoms with van der Waals surface area (Å²) in [6, 6.07) is 5.41. The Morgan fingerprint density at radius 1 is 1.48 bits per heavy atom. The highest BCUT2D eigenvalue weighted by Crippen LogP contribution is 2.34. The average molecular weight is 342 g/mol. The van der Waals surface area contributed by atoms with Crippen molar-refractivity contribution in [3.63, 3.8) is 0 Å². The summed E-state index contributed by atoms with van der Waals surface area (Å²) in [4.78, 5) is 14.6. The summed E-state index contributed by atoms with van der Waals surface area (Å²) in [5, 5.41) is 0.518. The Bertz CT molecular complexity index is 614. The van der Waals surface area contributed by atoms with Crippen LogP contribution < -0.4 is 4.74 Å². The monoisotopic (exact) mass is 341 g/mol. The summed E-state index contributed by atoms with van der Waals surface area (Å²) < 4.78 is 5.73. The Kier molecular flexibility index (Phi) is 5.30. The molecule has 6 heteroatoms. The topological polar surface area (TPSA) is 29.5 Å². The maximum absolute atomic E-state index is 12.4. The summed E-state index contributed by atoms with van der Waals surface area (Å²) in [7, 11) is 1.57. The van der Waals surface area contributed by atoms with Crippen molar-refractivity contribution >= 4 is 51.9 Å². The quantitative estimate of drug-likeness (QED) is 0.606. The van der Waals surface area contributed by atoms with Crippen molar-refractivity contribution in [3.05, 3.63) is 33.7 Å². The van der Waals surface area contributed by atoms with Crippen LogP contribution in [0, 0.1) is 5.92 Å². The van der Waals surface area contributed by atoms with Gasteiger partial charge in [-0.3, -0.25) is 9.69 Å². The standard InChI is InChI=1S/C15H16ClNO2S2/c1-9(2)8-17-14(18)13(21-15(17)20)7-10-4-5-12(19-3)11(16)6-10/h4-7,9H,8H2,1-3H3/b13-7-. The molecule has 1 heterocycles. The van der Waals surface area contributed by atoms with Gasteiger partial charge >= 0.3 is 0 Å². The molecule has 0 atom stereocenters. The number of carbonyl (C=O) groups is 1. The Morgan fingerprint density at radius 3 is 2.76 bits per heavy atom. The van der Waals surface area contributed by atoms with E-state index in [0.29, 0.717) is 32.5 Å². The predicted octanol–water partition coefficient (Wildman–Crippen LogP) is 4.21. The van der Waals surface area contributed by atoms with Crippen molar-refractivity contribution in [1.82, 2.24) is 4.90 Å². The molecule has 1 amide bonds. The van der Waals surface area contributed by atoms with Crippen LogP contribution >= 0.6 is 35.6 Å². The lowest BCUT2D eigenvalue weighted by Gasteiger charge is -2.16. The van der Waals surface area contributed by atoms with E-state index in [4.69, 9.17) is 28.6 Å². The van der Waals surface area contributed by atoms with E-state index in [-0.39, 0.29) is 5.91 Å². The fraction of sp³-hybridized carbons (Fsp3) is 0.333. The molecule has 21 heavy (non-hydrogen) atoms. The van der Waals surface area contributed by atoms with Gasteiger partial charge in [0.15, 0.2) is 0 Å². The third-order valence-electron chi connectivity index (χ3n) is 2.89. The van der Waals surface area contributed by atoms with Gasteiger partial charge in [-0.1, -0.05) is 55.5 Å². The zero-order valence-corrected chi connectivity index (χ0v) is 14.4. The van der Waals surface area contributed by atoms with Gasteiger partial charge in [0, 0.05) is 6.54 Å². The first kappa shape index (κ1) is 16.3. The van der Waals surface area contributed by atoms with E-state index in [2.05, 4.69) is 13.8 Å². The number of methoxy groups -OCH3 is 1. The fourth-order valence-corrected chi connectivity index (χ4v) is 3.49. The number of hydrogen-bond acceptors (Lipinski definition) is 4. The minimum atomic E-state index is -0.0364. The minimum Gasteiger partial charge on any atom is -0.495 e. The van der Waals surface area contributed by atoms with Crippen LogP contribution in [0.4, 0.5) is 0 Å². The molecule has 1 aromatic rings. The first-order valence-electron chi connectivity index (χ1n) is 6.51. The van der Waals surface area contributed by atoms with Crippen LogP contribution in [0.25, 0.3) is 6.08 Å². The van der Waals surface area contributed by atoms with Crippen molar-refractivity contribution in [3.8, 4) is 5.75 Å². The third-order valence-corrected chi connectivity index (χ3v) is 4.57. The lowest BCUT2D eigenvalue weighted by atomic mass is 10.2. The first-order valence-corrected chi connectivity index (χ1v) is 8.11. The highest BCUT2D eigenvalue weighted by molar-refractivity contribution is 8.26. The molecule has 1 fully saturated rings. The molecule has 0 spiro atoms. The molecule has 0 saturated carbocycles. The average Bonchev–Trinajstić information content (AvgIpc) is 2.66. The molecule has 112 valence electrons. The molecule has 2 rings (SSSR count). The van der Waals surface area contributed by atoms with Crippen molar-refractivity contribution in [2.45, 2.75) is 13.8 Å². The SMILES string of the molecule is COc1ccc(/C=C2\SC(=S)N(CC(C)C)C2=O)cc1Cl. The second-order valence-corrected chi connectivity index (χ2v) is 7.16. The summed E-state index contributed by atoms with van der Waals surface area (Å²) in [5.74, 6) is 0.953. The predicted molar refractivity (Wildman–Crippen MR) is 92.7 cm³/mol. The fourth-order valence-electron chi connectivity index (χ4n) is 1.95. The maximum Gasteiger partial charge on any atom is 0.266 e. The molecule has 1 aromatic carbocycles. The molecule has 0 N–H and O–H groups in total. The third kappa shape index (κ3) is 3.78. The summed E-state index contributed by atoms with van der Waals surface area (Å²) in [5.41, 5.74) is 0.853. The molecule has 3 nitrogen and oxygen atoms in total. The molecule has 1 aliphatic heterocycles. The van der Waals surface area contributed by atoms with E-state index >= 15 is 0 Å². The van der Waals surface area contributed by atoms with Gasteiger partial charge < -0.3 is 4.74 Å². The summed E-state index contributed by atoms with van der Waals surface area (Å²) in [6.45, 7) is 4.77. The first-order chi connectivity index (χ1) is 9.92. The Hall–Kier alpha value is -1.04. The van der Waals surface area contributed by atoms with E-state index in [0.717, 1.165) is 5.56 Å². The number of hydrogen-bond donors (Lipinski definition) is 0. The van der Waals surface area contributed by atoms with Gasteiger partial charge in [0.2, 0.25) is 0 Å². The number of halogens is 1. The zero-order chi connectivity index (χ0) is 15.6. The van der Waals surface area contributed by atoms with E-state index in [1.807, 2.05) is 12.1 Å². The van der Waals surface area contributed by atoms with Crippen molar-refractivity contribution < 1.29 is 9.53 Å². The summed E-state index contributed by atoms with van der Waals surface area (Å²) in [6.07, 6.45) is 1.81. The van der Waals surface area contributed by atoms with E-state index in [1.165, 1.54) is 11.8 Å². The number of rotatable bonds is 4. The second-order valence-electron chi connectivity index (χ2n) is 5.08. The lowest BCUT2D eigenvalue weighted by Crippen LogP contribution is -2.31. The van der Waals surface area contributed by atoms with Crippen LogP contribution in [0.3, 0.4) is 0 Å².